The average molecular weight is 356 g/mol. The fourth-order valence-electron chi connectivity index (χ4n) is 2.12. The van der Waals surface area contributed by atoms with Gasteiger partial charge in [-0.1, -0.05) is 53.5 Å². The smallest absolute Gasteiger partial charge is 0.138 e. The molecule has 0 unspecified atom stereocenters. The van der Waals surface area contributed by atoms with Gasteiger partial charge in [-0.15, -0.1) is 0 Å². The van der Waals surface area contributed by atoms with Crippen molar-refractivity contribution < 1.29 is 4.74 Å². The van der Waals surface area contributed by atoms with Gasteiger partial charge < -0.3 is 4.74 Å². The number of rotatable bonds is 5. The lowest BCUT2D eigenvalue weighted by Gasteiger charge is -2.08. The molecule has 4 heteroatoms. The molecule has 0 aliphatic carbocycles. The summed E-state index contributed by atoms with van der Waals surface area (Å²) in [5.41, 5.74) is 2.85. The molecule has 0 amide bonds. The Hall–Kier alpha value is -2.29. The number of aliphatic imine (C=N–C) groups is 1. The van der Waals surface area contributed by atoms with E-state index in [2.05, 4.69) is 4.99 Å². The summed E-state index contributed by atoms with van der Waals surface area (Å²) in [5, 5.41) is 1.26. The molecule has 0 atom stereocenters. The van der Waals surface area contributed by atoms with Crippen LogP contribution in [0.4, 0.5) is 5.69 Å². The summed E-state index contributed by atoms with van der Waals surface area (Å²) in [7, 11) is 0. The molecule has 3 aromatic carbocycles. The Morgan fingerprint density at radius 1 is 0.875 bits per heavy atom. The number of nitrogens with zero attached hydrogens (tertiary/aromatic N) is 1. The molecule has 120 valence electrons. The predicted octanol–water partition coefficient (Wildman–Crippen LogP) is 6.32. The monoisotopic (exact) mass is 355 g/mol. The quantitative estimate of drug-likeness (QED) is 0.490. The maximum Gasteiger partial charge on any atom is 0.138 e. The second kappa shape index (κ2) is 8.00. The van der Waals surface area contributed by atoms with Gasteiger partial charge in [-0.25, -0.2) is 0 Å². The summed E-state index contributed by atoms with van der Waals surface area (Å²) in [6.07, 6.45) is 1.78. The minimum absolute atomic E-state index is 0.439. The molecular weight excluding hydrogens is 341 g/mol. The van der Waals surface area contributed by atoms with Gasteiger partial charge in [0.25, 0.3) is 0 Å². The van der Waals surface area contributed by atoms with Crippen LogP contribution in [0.3, 0.4) is 0 Å². The van der Waals surface area contributed by atoms with E-state index in [-0.39, 0.29) is 0 Å². The van der Waals surface area contributed by atoms with E-state index in [4.69, 9.17) is 27.9 Å². The van der Waals surface area contributed by atoms with Crippen molar-refractivity contribution >= 4 is 35.1 Å². The van der Waals surface area contributed by atoms with Crippen LogP contribution in [0.25, 0.3) is 0 Å². The van der Waals surface area contributed by atoms with Crippen LogP contribution in [0.2, 0.25) is 10.0 Å². The van der Waals surface area contributed by atoms with E-state index in [1.165, 1.54) is 0 Å². The topological polar surface area (TPSA) is 21.6 Å². The maximum absolute atomic E-state index is 6.29. The Morgan fingerprint density at radius 3 is 2.33 bits per heavy atom. The van der Waals surface area contributed by atoms with Crippen molar-refractivity contribution in [1.29, 1.82) is 0 Å². The first-order valence-corrected chi connectivity index (χ1v) is 8.22. The molecule has 0 heterocycles. The second-order valence-corrected chi connectivity index (χ2v) is 6.04. The van der Waals surface area contributed by atoms with Gasteiger partial charge in [-0.3, -0.25) is 4.99 Å². The van der Waals surface area contributed by atoms with Crippen molar-refractivity contribution in [2.45, 2.75) is 6.61 Å². The van der Waals surface area contributed by atoms with Crippen molar-refractivity contribution in [3.05, 3.63) is 94.0 Å². The fraction of sp³-hybridized carbons (Fsp3) is 0.0500. The van der Waals surface area contributed by atoms with Crippen molar-refractivity contribution in [2.75, 3.05) is 0 Å². The molecule has 0 fully saturated rings. The highest BCUT2D eigenvalue weighted by Crippen LogP contribution is 2.26. The summed E-state index contributed by atoms with van der Waals surface area (Å²) in [6.45, 7) is 0.439. The van der Waals surface area contributed by atoms with Gasteiger partial charge in [0, 0.05) is 11.2 Å². The van der Waals surface area contributed by atoms with E-state index in [1.807, 2.05) is 72.8 Å². The Bertz CT molecular complexity index is 830. The van der Waals surface area contributed by atoms with Crippen LogP contribution in [0, 0.1) is 0 Å². The average Bonchev–Trinajstić information content (AvgIpc) is 2.61. The second-order valence-electron chi connectivity index (χ2n) is 5.20. The first kappa shape index (κ1) is 16.6. The molecule has 3 rings (SSSR count). The standard InChI is InChI=1S/C20H15Cl2NO/c21-17-9-6-15(7-10-17)14-24-20-11-8-16(12-19(20)22)13-23-18-4-2-1-3-5-18/h1-13H,14H2. The summed E-state index contributed by atoms with van der Waals surface area (Å²) in [5.74, 6) is 0.642. The lowest BCUT2D eigenvalue weighted by Crippen LogP contribution is -1.96. The zero-order chi connectivity index (χ0) is 16.8. The lowest BCUT2D eigenvalue weighted by molar-refractivity contribution is 0.306. The van der Waals surface area contributed by atoms with E-state index in [0.29, 0.717) is 22.4 Å². The molecule has 24 heavy (non-hydrogen) atoms. The molecule has 0 aromatic heterocycles. The number of halogens is 2. The van der Waals surface area contributed by atoms with Crippen LogP contribution >= 0.6 is 23.2 Å². The number of hydrogen-bond acceptors (Lipinski definition) is 2. The van der Waals surface area contributed by atoms with E-state index in [1.54, 1.807) is 6.21 Å². The van der Waals surface area contributed by atoms with Gasteiger partial charge in [-0.05, 0) is 53.6 Å². The Balaban J connectivity index is 1.66. The van der Waals surface area contributed by atoms with Crippen LogP contribution in [-0.2, 0) is 6.61 Å². The SMILES string of the molecule is Clc1ccc(COc2ccc(C=Nc3ccccc3)cc2Cl)cc1. The normalized spacial score (nSPS) is 10.9. The third kappa shape index (κ3) is 4.60. The van der Waals surface area contributed by atoms with Gasteiger partial charge in [0.1, 0.15) is 12.4 Å². The van der Waals surface area contributed by atoms with E-state index in [0.717, 1.165) is 16.8 Å². The first-order valence-electron chi connectivity index (χ1n) is 7.46. The van der Waals surface area contributed by atoms with Crippen molar-refractivity contribution in [2.24, 2.45) is 4.99 Å². The number of benzene rings is 3. The Labute approximate surface area is 151 Å². The van der Waals surface area contributed by atoms with Crippen molar-refractivity contribution in [3.63, 3.8) is 0 Å². The van der Waals surface area contributed by atoms with Crippen molar-refractivity contribution in [3.8, 4) is 5.75 Å². The van der Waals surface area contributed by atoms with E-state index >= 15 is 0 Å². The molecule has 0 aliphatic heterocycles. The summed E-state index contributed by atoms with van der Waals surface area (Å²) in [6, 6.07) is 22.9. The first-order chi connectivity index (χ1) is 11.7. The zero-order valence-corrected chi connectivity index (χ0v) is 14.3. The molecule has 0 saturated heterocycles. The molecule has 3 aromatic rings. The third-order valence-corrected chi connectivity index (χ3v) is 3.93. The zero-order valence-electron chi connectivity index (χ0n) is 12.8. The summed E-state index contributed by atoms with van der Waals surface area (Å²) in [4.78, 5) is 4.41. The summed E-state index contributed by atoms with van der Waals surface area (Å²) < 4.78 is 5.76. The molecule has 2 nitrogen and oxygen atoms in total. The van der Waals surface area contributed by atoms with Crippen LogP contribution in [0.15, 0.2) is 77.8 Å². The Kier molecular flexibility index (Phi) is 5.52. The van der Waals surface area contributed by atoms with Gasteiger partial charge in [0.05, 0.1) is 10.7 Å². The van der Waals surface area contributed by atoms with Crippen LogP contribution in [0.5, 0.6) is 5.75 Å². The lowest BCUT2D eigenvalue weighted by atomic mass is 10.2. The van der Waals surface area contributed by atoms with E-state index < -0.39 is 0 Å². The molecule has 0 spiro atoms. The Morgan fingerprint density at radius 2 is 1.62 bits per heavy atom. The molecule has 0 radical (unpaired) electrons. The highest BCUT2D eigenvalue weighted by atomic mass is 35.5. The highest BCUT2D eigenvalue weighted by molar-refractivity contribution is 6.32. The molecule has 0 bridgehead atoms. The van der Waals surface area contributed by atoms with E-state index in [9.17, 15) is 0 Å². The minimum Gasteiger partial charge on any atom is -0.487 e. The largest absolute Gasteiger partial charge is 0.487 e. The summed E-state index contributed by atoms with van der Waals surface area (Å²) >= 11 is 12.2. The number of para-hydroxylation sites is 1. The number of ether oxygens (including phenoxy) is 1. The number of hydrogen-bond donors (Lipinski definition) is 0. The van der Waals surface area contributed by atoms with Crippen LogP contribution in [0.1, 0.15) is 11.1 Å². The predicted molar refractivity (Wildman–Crippen MR) is 101 cm³/mol. The molecule has 0 N–H and O–H groups in total. The highest BCUT2D eigenvalue weighted by Gasteiger charge is 2.03. The van der Waals surface area contributed by atoms with Crippen molar-refractivity contribution in [1.82, 2.24) is 0 Å². The van der Waals surface area contributed by atoms with Crippen LogP contribution < -0.4 is 4.74 Å². The van der Waals surface area contributed by atoms with Gasteiger partial charge in [-0.2, -0.15) is 0 Å². The van der Waals surface area contributed by atoms with Gasteiger partial charge in [0.2, 0.25) is 0 Å². The molecule has 0 aliphatic rings. The fourth-order valence-corrected chi connectivity index (χ4v) is 2.49. The van der Waals surface area contributed by atoms with Gasteiger partial charge >= 0.3 is 0 Å². The molecular formula is C20H15Cl2NO. The van der Waals surface area contributed by atoms with Crippen LogP contribution in [-0.4, -0.2) is 6.21 Å². The third-order valence-electron chi connectivity index (χ3n) is 3.38. The maximum atomic E-state index is 6.29. The van der Waals surface area contributed by atoms with Gasteiger partial charge in [0.15, 0.2) is 0 Å². The minimum atomic E-state index is 0.439. The molecule has 0 saturated carbocycles.